The number of alkyl halides is 3. The van der Waals surface area contributed by atoms with Crippen molar-refractivity contribution in [2.75, 3.05) is 0 Å². The topological polar surface area (TPSA) is 55.1 Å². The Bertz CT molecular complexity index is 1240. The third kappa shape index (κ3) is 4.18. The van der Waals surface area contributed by atoms with E-state index in [4.69, 9.17) is 0 Å². The summed E-state index contributed by atoms with van der Waals surface area (Å²) < 4.78 is 147. The van der Waals surface area contributed by atoms with Gasteiger partial charge in [-0.1, -0.05) is 0 Å². The van der Waals surface area contributed by atoms with E-state index in [2.05, 4.69) is 5.10 Å². The Morgan fingerprint density at radius 3 is 1.64 bits per heavy atom. The minimum Gasteiger partial charge on any atom is -0.493 e. The average Bonchev–Trinajstić information content (AvgIpc) is 3.05. The van der Waals surface area contributed by atoms with Gasteiger partial charge in [-0.3, -0.25) is 4.79 Å². The Morgan fingerprint density at radius 1 is 0.788 bits per heavy atom. The van der Waals surface area contributed by atoms with Crippen LogP contribution in [0.5, 0.6) is 5.88 Å². The first-order valence-electron chi connectivity index (χ1n) is 7.78. The zero-order valence-electron chi connectivity index (χ0n) is 15.3. The molecule has 0 fully saturated rings. The first kappa shape index (κ1) is 26.2. The van der Waals surface area contributed by atoms with Crippen molar-refractivity contribution in [3.63, 3.8) is 0 Å². The summed E-state index contributed by atoms with van der Waals surface area (Å²) in [7, 11) is 0. The summed E-state index contributed by atoms with van der Waals surface area (Å²) in [6, 6.07) is -0.119. The van der Waals surface area contributed by atoms with Gasteiger partial charge in [0.2, 0.25) is 17.5 Å². The van der Waals surface area contributed by atoms with Gasteiger partial charge in [0.05, 0.1) is 0 Å². The van der Waals surface area contributed by atoms with Crippen molar-refractivity contribution in [3.8, 4) is 11.6 Å². The van der Waals surface area contributed by atoms with Gasteiger partial charge in [-0.15, -0.1) is 0 Å². The number of aromatic hydroxyl groups is 1. The normalized spacial score (nSPS) is 11.5. The number of hydrogen-bond donors (Lipinski definition) is 1. The molecule has 0 atom stereocenters. The molecule has 4 nitrogen and oxygen atoms in total. The van der Waals surface area contributed by atoms with E-state index >= 15 is 0 Å². The number of carbonyl (C=O) groups excluding carboxylic acids is 1. The van der Waals surface area contributed by atoms with Gasteiger partial charge in [-0.25, -0.2) is 35.1 Å². The van der Waals surface area contributed by atoms with E-state index in [1.165, 1.54) is 0 Å². The minimum atomic E-state index is -5.69. The minimum absolute atomic E-state index is 0. The van der Waals surface area contributed by atoms with Crippen LogP contribution in [0.15, 0.2) is 12.1 Å². The summed E-state index contributed by atoms with van der Waals surface area (Å²) in [5, 5.41) is 12.5. The van der Waals surface area contributed by atoms with E-state index in [0.29, 0.717) is 0 Å². The fourth-order valence-electron chi connectivity index (χ4n) is 2.58. The van der Waals surface area contributed by atoms with Crippen molar-refractivity contribution in [1.82, 2.24) is 9.78 Å². The molecule has 3 aromatic rings. The van der Waals surface area contributed by atoms with Crippen LogP contribution in [0, 0.1) is 46.5 Å². The zero-order chi connectivity index (χ0) is 24.3. The molecule has 0 saturated heterocycles. The molecule has 0 saturated carbocycles. The number of carbonyl (C=O) groups is 1. The molecule has 1 heterocycles. The van der Waals surface area contributed by atoms with Crippen molar-refractivity contribution in [2.24, 2.45) is 0 Å². The molecule has 16 heteroatoms. The number of ketones is 1. The molecular formula is C17H3F11N2O2Zn. The van der Waals surface area contributed by atoms with Crippen LogP contribution < -0.4 is 0 Å². The summed E-state index contributed by atoms with van der Waals surface area (Å²) in [5.41, 5.74) is -7.86. The monoisotopic (exact) mass is 540 g/mol. The summed E-state index contributed by atoms with van der Waals surface area (Å²) in [5.74, 6) is -23.6. The van der Waals surface area contributed by atoms with Crippen LogP contribution in [0.4, 0.5) is 48.3 Å². The number of rotatable bonds is 3. The van der Waals surface area contributed by atoms with Crippen molar-refractivity contribution in [2.45, 2.75) is 6.18 Å². The van der Waals surface area contributed by atoms with E-state index in [0.717, 1.165) is 0 Å². The van der Waals surface area contributed by atoms with Gasteiger partial charge in [-0.2, -0.15) is 23.0 Å². The Balaban J connectivity index is 0.00000385. The van der Waals surface area contributed by atoms with Gasteiger partial charge in [0.25, 0.3) is 0 Å². The van der Waals surface area contributed by atoms with E-state index in [9.17, 15) is 58.2 Å². The van der Waals surface area contributed by atoms with Gasteiger partial charge in [0.15, 0.2) is 46.4 Å². The molecule has 0 amide bonds. The zero-order valence-corrected chi connectivity index (χ0v) is 18.2. The second-order valence-electron chi connectivity index (χ2n) is 5.96. The fraction of sp³-hybridized carbons (Fsp3) is 0.0588. The van der Waals surface area contributed by atoms with Crippen LogP contribution in [-0.2, 0) is 25.7 Å². The maximum absolute atomic E-state index is 14.0. The Kier molecular flexibility index (Phi) is 6.93. The van der Waals surface area contributed by atoms with Gasteiger partial charge in [0, 0.05) is 25.0 Å². The summed E-state index contributed by atoms with van der Waals surface area (Å²) >= 11 is 0. The maximum Gasteiger partial charge on any atom is 0.436 e. The molecule has 0 aliphatic heterocycles. The molecule has 0 bridgehead atoms. The van der Waals surface area contributed by atoms with Crippen LogP contribution in [0.1, 0.15) is 21.6 Å². The molecule has 3 rings (SSSR count). The predicted molar refractivity (Wildman–Crippen MR) is 79.8 cm³/mol. The fourth-order valence-corrected chi connectivity index (χ4v) is 2.58. The third-order valence-electron chi connectivity index (χ3n) is 4.00. The molecule has 1 N–H and O–H groups in total. The van der Waals surface area contributed by atoms with E-state index in [1.54, 1.807) is 0 Å². The summed E-state index contributed by atoms with van der Waals surface area (Å²) in [6.45, 7) is 0. The number of aromatic nitrogens is 2. The maximum atomic E-state index is 14.0. The molecule has 2 aromatic carbocycles. The Hall–Kier alpha value is -3.03. The molecule has 0 radical (unpaired) electrons. The third-order valence-corrected chi connectivity index (χ3v) is 4.00. The second kappa shape index (κ2) is 8.73. The van der Waals surface area contributed by atoms with E-state index < -0.39 is 91.6 Å². The summed E-state index contributed by atoms with van der Waals surface area (Å²) in [6.07, 6.45) is -5.69. The van der Waals surface area contributed by atoms with Crippen LogP contribution in [0.3, 0.4) is 0 Å². The molecule has 0 aliphatic carbocycles. The van der Waals surface area contributed by atoms with Gasteiger partial charge < -0.3 is 5.11 Å². The number of hydrogen-bond acceptors (Lipinski definition) is 3. The second-order valence-corrected chi connectivity index (χ2v) is 5.96. The molecule has 1 aromatic heterocycles. The van der Waals surface area contributed by atoms with Crippen LogP contribution in [-0.4, -0.2) is 20.7 Å². The SMILES string of the molecule is O=C(c1cc(F)c(F)c(F)c1)c1c(C(F)(F)F)nn(-c2c(F)c(F)c(F)c(F)c2F)c1O.[Zn]. The molecular weight excluding hydrogens is 539 g/mol. The number of nitrogens with zero attached hydrogens (tertiary/aromatic N) is 2. The van der Waals surface area contributed by atoms with Crippen molar-refractivity contribution >= 4 is 5.78 Å². The quantitative estimate of drug-likeness (QED) is 0.168. The molecule has 33 heavy (non-hydrogen) atoms. The van der Waals surface area contributed by atoms with E-state index in [1.807, 2.05) is 0 Å². The Labute approximate surface area is 187 Å². The Morgan fingerprint density at radius 2 is 1.21 bits per heavy atom. The van der Waals surface area contributed by atoms with E-state index in [-0.39, 0.29) is 31.6 Å². The van der Waals surface area contributed by atoms with Crippen molar-refractivity contribution in [3.05, 3.63) is 75.5 Å². The van der Waals surface area contributed by atoms with Crippen LogP contribution in [0.2, 0.25) is 0 Å². The smallest absolute Gasteiger partial charge is 0.436 e. The van der Waals surface area contributed by atoms with Gasteiger partial charge in [0.1, 0.15) is 11.3 Å². The first-order valence-corrected chi connectivity index (χ1v) is 7.78. The molecule has 0 unspecified atom stereocenters. The number of halogens is 11. The molecule has 0 spiro atoms. The van der Waals surface area contributed by atoms with Crippen molar-refractivity contribution in [1.29, 1.82) is 0 Å². The van der Waals surface area contributed by atoms with Crippen LogP contribution in [0.25, 0.3) is 5.69 Å². The number of benzene rings is 2. The predicted octanol–water partition coefficient (Wildman–Crippen LogP) is 4.94. The standard InChI is InChI=1S/C17H3F11N2O2.Zn/c18-4-1-3(2-5(19)7(4)20)14(31)6-15(17(26,27)28)29-30(16(6)32)13-11(24)9(22)8(21)10(23)12(13)25;/h1-2,32H;. The molecule has 0 aliphatic rings. The summed E-state index contributed by atoms with van der Waals surface area (Å²) in [4.78, 5) is 12.4. The molecule has 172 valence electrons. The average molecular weight is 542 g/mol. The van der Waals surface area contributed by atoms with Crippen LogP contribution >= 0.6 is 0 Å². The van der Waals surface area contributed by atoms with Gasteiger partial charge in [-0.05, 0) is 12.1 Å². The largest absolute Gasteiger partial charge is 0.493 e. The van der Waals surface area contributed by atoms with Gasteiger partial charge >= 0.3 is 6.18 Å². The first-order chi connectivity index (χ1) is 14.7. The van der Waals surface area contributed by atoms with Crippen molar-refractivity contribution < 1.29 is 77.7 Å².